The third-order valence-electron chi connectivity index (χ3n) is 3.31. The van der Waals surface area contributed by atoms with Gasteiger partial charge in [0.15, 0.2) is 0 Å². The molecule has 2 heterocycles. The Morgan fingerprint density at radius 1 is 1.18 bits per heavy atom. The van der Waals surface area contributed by atoms with Crippen LogP contribution in [0.25, 0.3) is 0 Å². The molecule has 0 aromatic heterocycles. The van der Waals surface area contributed by atoms with E-state index in [-0.39, 0.29) is 6.10 Å². The molecule has 1 aliphatic carbocycles. The predicted octanol–water partition coefficient (Wildman–Crippen LogP) is 0.00290. The van der Waals surface area contributed by atoms with Crippen molar-refractivity contribution in [2.75, 3.05) is 13.1 Å². The second kappa shape index (κ2) is 1.97. The van der Waals surface area contributed by atoms with E-state index in [1.54, 1.807) is 0 Å². The van der Waals surface area contributed by atoms with Crippen molar-refractivity contribution in [1.29, 1.82) is 0 Å². The lowest BCUT2D eigenvalue weighted by Crippen LogP contribution is -2.42. The molecule has 3 fully saturated rings. The quantitative estimate of drug-likeness (QED) is 0.534. The molecule has 0 radical (unpaired) electrons. The van der Waals surface area contributed by atoms with E-state index in [4.69, 9.17) is 4.84 Å². The minimum Gasteiger partial charge on any atom is -0.393 e. The molecule has 1 N–H and O–H groups in total. The molecule has 0 aromatic carbocycles. The van der Waals surface area contributed by atoms with Crippen LogP contribution in [-0.2, 0) is 4.84 Å². The van der Waals surface area contributed by atoms with Gasteiger partial charge in [0.1, 0.15) is 0 Å². The smallest absolute Gasteiger partial charge is 0.0859 e. The molecule has 3 bridgehead atoms. The largest absolute Gasteiger partial charge is 0.393 e. The number of aliphatic hydroxyl groups excluding tert-OH is 1. The van der Waals surface area contributed by atoms with Gasteiger partial charge in [0.25, 0.3) is 0 Å². The van der Waals surface area contributed by atoms with Gasteiger partial charge in [0, 0.05) is 31.3 Å². The lowest BCUT2D eigenvalue weighted by Gasteiger charge is -2.34. The highest BCUT2D eigenvalue weighted by Gasteiger charge is 2.48. The van der Waals surface area contributed by atoms with Crippen LogP contribution >= 0.6 is 0 Å². The number of rotatable bonds is 0. The summed E-state index contributed by atoms with van der Waals surface area (Å²) in [5.74, 6) is 1.21. The van der Waals surface area contributed by atoms with Gasteiger partial charge in [0.05, 0.1) is 12.2 Å². The predicted molar refractivity (Wildman–Crippen MR) is 38.7 cm³/mol. The van der Waals surface area contributed by atoms with Crippen molar-refractivity contribution in [2.24, 2.45) is 11.8 Å². The van der Waals surface area contributed by atoms with Gasteiger partial charge in [-0.2, -0.15) is 5.06 Å². The lowest BCUT2D eigenvalue weighted by molar-refractivity contribution is -0.138. The Hall–Kier alpha value is -0.120. The number of aliphatic hydroxyl groups is 1. The number of piperidine rings is 1. The first-order valence-electron chi connectivity index (χ1n) is 4.43. The van der Waals surface area contributed by atoms with Crippen molar-refractivity contribution in [2.45, 2.75) is 25.0 Å². The molecule has 3 rings (SSSR count). The van der Waals surface area contributed by atoms with Crippen LogP contribution < -0.4 is 0 Å². The minimum absolute atomic E-state index is 0.0958. The highest BCUT2D eigenvalue weighted by Crippen LogP contribution is 2.41. The zero-order valence-electron chi connectivity index (χ0n) is 6.44. The summed E-state index contributed by atoms with van der Waals surface area (Å²) < 4.78 is 0. The molecule has 3 aliphatic rings. The van der Waals surface area contributed by atoms with E-state index in [9.17, 15) is 5.11 Å². The molecule has 5 unspecified atom stereocenters. The second-order valence-corrected chi connectivity index (χ2v) is 4.05. The highest BCUT2D eigenvalue weighted by molar-refractivity contribution is 4.95. The first-order chi connectivity index (χ1) is 5.33. The minimum atomic E-state index is -0.0958. The Balaban J connectivity index is 1.93. The molecular formula is C8H13NO2. The molecule has 3 nitrogen and oxygen atoms in total. The molecule has 0 aromatic rings. The van der Waals surface area contributed by atoms with Crippen LogP contribution in [-0.4, -0.2) is 35.5 Å². The average Bonchev–Trinajstić information content (AvgIpc) is 2.19. The van der Waals surface area contributed by atoms with Gasteiger partial charge in [0.2, 0.25) is 0 Å². The van der Waals surface area contributed by atoms with Gasteiger partial charge < -0.3 is 5.11 Å². The summed E-state index contributed by atoms with van der Waals surface area (Å²) in [6, 6.07) is 0. The Morgan fingerprint density at radius 2 is 2.00 bits per heavy atom. The SMILES string of the molecule is OC1CC2ON3CC1CC2C3. The van der Waals surface area contributed by atoms with Gasteiger partial charge in [-0.25, -0.2) is 0 Å². The molecule has 1 saturated carbocycles. The van der Waals surface area contributed by atoms with Crippen LogP contribution in [0.15, 0.2) is 0 Å². The molecular weight excluding hydrogens is 142 g/mol. The number of fused-ring (bicyclic) bond motifs is 2. The molecule has 3 heteroatoms. The van der Waals surface area contributed by atoms with E-state index in [2.05, 4.69) is 0 Å². The van der Waals surface area contributed by atoms with Crippen LogP contribution in [0.3, 0.4) is 0 Å². The fraction of sp³-hybridized carbons (Fsp3) is 1.00. The summed E-state index contributed by atoms with van der Waals surface area (Å²) in [6.45, 7) is 2.06. The third-order valence-corrected chi connectivity index (χ3v) is 3.31. The normalized spacial score (nSPS) is 60.3. The van der Waals surface area contributed by atoms with E-state index < -0.39 is 0 Å². The zero-order chi connectivity index (χ0) is 7.42. The highest BCUT2D eigenvalue weighted by atomic mass is 16.7. The summed E-state index contributed by atoms with van der Waals surface area (Å²) >= 11 is 0. The molecule has 5 atom stereocenters. The Labute approximate surface area is 65.9 Å². The van der Waals surface area contributed by atoms with Crippen molar-refractivity contribution in [3.8, 4) is 0 Å². The van der Waals surface area contributed by atoms with Crippen LogP contribution in [0.5, 0.6) is 0 Å². The van der Waals surface area contributed by atoms with Crippen molar-refractivity contribution in [1.82, 2.24) is 5.06 Å². The molecule has 0 amide bonds. The number of hydrogen-bond acceptors (Lipinski definition) is 3. The van der Waals surface area contributed by atoms with Gasteiger partial charge >= 0.3 is 0 Å². The fourth-order valence-electron chi connectivity index (χ4n) is 2.71. The van der Waals surface area contributed by atoms with Gasteiger partial charge in [-0.1, -0.05) is 0 Å². The number of hydrogen-bond donors (Lipinski definition) is 1. The summed E-state index contributed by atoms with van der Waals surface area (Å²) in [4.78, 5) is 5.62. The molecule has 11 heavy (non-hydrogen) atoms. The van der Waals surface area contributed by atoms with Crippen LogP contribution in [0, 0.1) is 11.8 Å². The zero-order valence-corrected chi connectivity index (χ0v) is 6.44. The maximum Gasteiger partial charge on any atom is 0.0859 e. The average molecular weight is 155 g/mol. The summed E-state index contributed by atoms with van der Waals surface area (Å²) in [6.07, 6.45) is 2.29. The first-order valence-corrected chi connectivity index (χ1v) is 4.43. The number of hydroxylamine groups is 2. The Bertz CT molecular complexity index is 181. The lowest BCUT2D eigenvalue weighted by atomic mass is 9.76. The van der Waals surface area contributed by atoms with Crippen LogP contribution in [0.4, 0.5) is 0 Å². The molecule has 0 spiro atoms. The van der Waals surface area contributed by atoms with Crippen molar-refractivity contribution >= 4 is 0 Å². The Kier molecular flexibility index (Phi) is 1.15. The van der Waals surface area contributed by atoms with Crippen LogP contribution in [0.1, 0.15) is 12.8 Å². The van der Waals surface area contributed by atoms with Crippen molar-refractivity contribution in [3.63, 3.8) is 0 Å². The maximum absolute atomic E-state index is 9.61. The third kappa shape index (κ3) is 0.789. The maximum atomic E-state index is 9.61. The van der Waals surface area contributed by atoms with E-state index in [0.717, 1.165) is 25.4 Å². The van der Waals surface area contributed by atoms with E-state index in [0.29, 0.717) is 12.0 Å². The summed E-state index contributed by atoms with van der Waals surface area (Å²) in [7, 11) is 0. The monoisotopic (exact) mass is 155 g/mol. The standard InChI is InChI=1S/C8H13NO2/c10-7-2-8-6-1-5(7)3-9(4-6)11-8/h5-8,10H,1-4H2. The van der Waals surface area contributed by atoms with Gasteiger partial charge in [-0.15, -0.1) is 0 Å². The van der Waals surface area contributed by atoms with Crippen molar-refractivity contribution in [3.05, 3.63) is 0 Å². The molecule has 2 aliphatic heterocycles. The topological polar surface area (TPSA) is 32.7 Å². The van der Waals surface area contributed by atoms with Crippen molar-refractivity contribution < 1.29 is 9.94 Å². The number of nitrogens with zero attached hydrogens (tertiary/aromatic N) is 1. The van der Waals surface area contributed by atoms with Gasteiger partial charge in [-0.05, 0) is 6.42 Å². The molecule has 62 valence electrons. The van der Waals surface area contributed by atoms with E-state index in [1.165, 1.54) is 6.42 Å². The molecule has 2 saturated heterocycles. The Morgan fingerprint density at radius 3 is 2.91 bits per heavy atom. The van der Waals surface area contributed by atoms with Gasteiger partial charge in [-0.3, -0.25) is 4.84 Å². The van der Waals surface area contributed by atoms with E-state index >= 15 is 0 Å². The van der Waals surface area contributed by atoms with E-state index in [1.807, 2.05) is 5.06 Å². The summed E-state index contributed by atoms with van der Waals surface area (Å²) in [5.41, 5.74) is 0. The fourth-order valence-corrected chi connectivity index (χ4v) is 2.71. The first kappa shape index (κ1) is 6.40. The second-order valence-electron chi connectivity index (χ2n) is 4.05. The van der Waals surface area contributed by atoms with Crippen LogP contribution in [0.2, 0.25) is 0 Å². The summed E-state index contributed by atoms with van der Waals surface area (Å²) in [5, 5.41) is 11.7.